The second-order valence-electron chi connectivity index (χ2n) is 9.36. The van der Waals surface area contributed by atoms with E-state index in [1.807, 2.05) is 12.3 Å². The zero-order valence-corrected chi connectivity index (χ0v) is 22.9. The van der Waals surface area contributed by atoms with Crippen molar-refractivity contribution in [3.05, 3.63) is 45.6 Å². The van der Waals surface area contributed by atoms with Gasteiger partial charge in [0.05, 0.1) is 31.8 Å². The minimum Gasteiger partial charge on any atom is -0.492 e. The number of benzene rings is 1. The third-order valence-corrected chi connectivity index (χ3v) is 7.75. The molecule has 0 spiro atoms. The van der Waals surface area contributed by atoms with E-state index in [0.29, 0.717) is 40.2 Å². The van der Waals surface area contributed by atoms with Crippen LogP contribution in [0.25, 0.3) is 11.1 Å². The molecular weight excluding hydrogens is 530 g/mol. The predicted octanol–water partition coefficient (Wildman–Crippen LogP) is 0.755. The van der Waals surface area contributed by atoms with Crippen molar-refractivity contribution in [2.45, 2.75) is 61.4 Å². The molecule has 2 aromatic rings. The fourth-order valence-corrected chi connectivity index (χ4v) is 5.55. The van der Waals surface area contributed by atoms with Crippen LogP contribution >= 0.6 is 11.8 Å². The van der Waals surface area contributed by atoms with E-state index in [1.165, 1.54) is 32.9 Å². The molecule has 5 N–H and O–H groups in total. The lowest BCUT2D eigenvalue weighted by Gasteiger charge is -2.39. The zero-order chi connectivity index (χ0) is 28.4. The Kier molecular flexibility index (Phi) is 9.04. The van der Waals surface area contributed by atoms with E-state index >= 15 is 0 Å². The van der Waals surface area contributed by atoms with Crippen molar-refractivity contribution in [1.29, 1.82) is 0 Å². The summed E-state index contributed by atoms with van der Waals surface area (Å²) in [5, 5.41) is 43.4. The van der Waals surface area contributed by atoms with Gasteiger partial charge in [-0.25, -0.2) is 0 Å². The van der Waals surface area contributed by atoms with E-state index in [-0.39, 0.29) is 22.8 Å². The number of carbonyl (C=O) groups excluding carboxylic acids is 1. The number of methoxy groups -OCH3 is 2. The number of hydrogen-bond acceptors (Lipinski definition) is 11. The molecule has 1 aliphatic carbocycles. The van der Waals surface area contributed by atoms with Gasteiger partial charge in [0.2, 0.25) is 17.9 Å². The Balaban J connectivity index is 1.89. The number of hydrogen-bond donors (Lipinski definition) is 5. The fraction of sp³-hybridized carbons (Fsp3) is 0.481. The normalized spacial score (nSPS) is 26.1. The van der Waals surface area contributed by atoms with Gasteiger partial charge in [-0.15, -0.1) is 11.8 Å². The lowest BCUT2D eigenvalue weighted by Crippen LogP contribution is -2.60. The number of aryl methyl sites for hydroxylation is 1. The predicted molar refractivity (Wildman–Crippen MR) is 142 cm³/mol. The molecule has 0 radical (unpaired) electrons. The highest BCUT2D eigenvalue weighted by atomic mass is 32.2. The van der Waals surface area contributed by atoms with Crippen molar-refractivity contribution in [1.82, 2.24) is 5.32 Å². The van der Waals surface area contributed by atoms with Crippen molar-refractivity contribution < 1.29 is 44.2 Å². The first-order valence-corrected chi connectivity index (χ1v) is 13.6. The SMILES string of the molecule is COc1c(OC2O[C@@H](CO)[C@H](O)[C@@H](O)[C@@H]2O)cc2c(c1OC)-c1ccc(SC)c(=O)cc1[C@H](NC(C)=O)CC2. The minimum atomic E-state index is -1.62. The van der Waals surface area contributed by atoms with Gasteiger partial charge >= 0.3 is 0 Å². The molecule has 6 atom stereocenters. The number of ether oxygens (including phenoxy) is 4. The number of nitrogens with one attached hydrogen (secondary N) is 1. The molecule has 2 aromatic carbocycles. The summed E-state index contributed by atoms with van der Waals surface area (Å²) in [6.07, 6.45) is -4.64. The Morgan fingerprint density at radius 2 is 1.82 bits per heavy atom. The number of amides is 1. The minimum absolute atomic E-state index is 0.131. The van der Waals surface area contributed by atoms with Gasteiger partial charge in [-0.05, 0) is 54.0 Å². The quantitative estimate of drug-likeness (QED) is 0.302. The highest BCUT2D eigenvalue weighted by Gasteiger charge is 2.45. The summed E-state index contributed by atoms with van der Waals surface area (Å²) < 4.78 is 23.0. The van der Waals surface area contributed by atoms with E-state index in [4.69, 9.17) is 18.9 Å². The monoisotopic (exact) mass is 563 g/mol. The Morgan fingerprint density at radius 1 is 1.10 bits per heavy atom. The Morgan fingerprint density at radius 3 is 2.44 bits per heavy atom. The molecular formula is C27H33NO10S. The van der Waals surface area contributed by atoms with Crippen LogP contribution in [0.15, 0.2) is 34.0 Å². The van der Waals surface area contributed by atoms with Crippen LogP contribution in [0.1, 0.15) is 30.5 Å². The van der Waals surface area contributed by atoms with Crippen LogP contribution in [-0.2, 0) is 16.0 Å². The maximum absolute atomic E-state index is 13.0. The van der Waals surface area contributed by atoms with Crippen LogP contribution in [-0.4, -0.2) is 84.1 Å². The van der Waals surface area contributed by atoms with Crippen LogP contribution in [0.5, 0.6) is 17.2 Å². The summed E-state index contributed by atoms with van der Waals surface area (Å²) in [7, 11) is 2.87. The Labute approximate surface area is 229 Å². The van der Waals surface area contributed by atoms with Crippen LogP contribution in [0, 0.1) is 0 Å². The van der Waals surface area contributed by atoms with E-state index in [9.17, 15) is 30.0 Å². The Bertz CT molecular complexity index is 1290. The van der Waals surface area contributed by atoms with Crippen molar-refractivity contribution in [2.24, 2.45) is 0 Å². The second kappa shape index (κ2) is 12.1. The first kappa shape index (κ1) is 29.1. The third-order valence-electron chi connectivity index (χ3n) is 6.97. The van der Waals surface area contributed by atoms with Gasteiger partial charge in [-0.3, -0.25) is 9.59 Å². The topological polar surface area (TPSA) is 164 Å². The lowest BCUT2D eigenvalue weighted by atomic mass is 9.95. The standard InChI is InChI=1S/C27H33NO10S/c1-12(30)28-16-7-5-13-9-18(37-27-24(34)23(33)22(32)19(11-29)38-27)25(35-2)26(36-3)21(13)14-6-8-20(39-4)17(31)10-15(14)16/h6,8-10,16,19,22-24,27,29,32-34H,5,7,11H2,1-4H3,(H,28,30)/t16-,19+,22+,23-,24+,27?/m1/s1. The molecule has 1 amide bonds. The van der Waals surface area contributed by atoms with Crippen LogP contribution < -0.4 is 25.0 Å². The highest BCUT2D eigenvalue weighted by Crippen LogP contribution is 2.50. The third kappa shape index (κ3) is 5.58. The zero-order valence-electron chi connectivity index (χ0n) is 22.0. The summed E-state index contributed by atoms with van der Waals surface area (Å²) >= 11 is 1.32. The van der Waals surface area contributed by atoms with Crippen molar-refractivity contribution in [2.75, 3.05) is 27.1 Å². The van der Waals surface area contributed by atoms with Crippen LogP contribution in [0.3, 0.4) is 0 Å². The van der Waals surface area contributed by atoms with E-state index in [0.717, 1.165) is 5.56 Å². The summed E-state index contributed by atoms with van der Waals surface area (Å²) in [5.41, 5.74) is 2.55. The van der Waals surface area contributed by atoms with Gasteiger partial charge in [0, 0.05) is 12.5 Å². The van der Waals surface area contributed by atoms with Gasteiger partial charge in [0.15, 0.2) is 16.9 Å². The van der Waals surface area contributed by atoms with Gasteiger partial charge in [-0.1, -0.05) is 6.07 Å². The highest BCUT2D eigenvalue weighted by molar-refractivity contribution is 7.98. The average Bonchev–Trinajstić information content (AvgIpc) is 3.16. The van der Waals surface area contributed by atoms with Crippen LogP contribution in [0.4, 0.5) is 0 Å². The molecule has 4 rings (SSSR count). The number of aliphatic hydroxyl groups excluding tert-OH is 4. The molecule has 0 saturated carbocycles. The lowest BCUT2D eigenvalue weighted by molar-refractivity contribution is -0.277. The van der Waals surface area contributed by atoms with Gasteiger partial charge in [-0.2, -0.15) is 0 Å². The van der Waals surface area contributed by atoms with E-state index in [1.54, 1.807) is 18.2 Å². The average molecular weight is 564 g/mol. The molecule has 12 heteroatoms. The molecule has 0 aromatic heterocycles. The van der Waals surface area contributed by atoms with E-state index < -0.39 is 43.4 Å². The summed E-state index contributed by atoms with van der Waals surface area (Å²) in [6.45, 7) is 0.815. The van der Waals surface area contributed by atoms with E-state index in [2.05, 4.69) is 5.32 Å². The van der Waals surface area contributed by atoms with Crippen LogP contribution in [0.2, 0.25) is 0 Å². The first-order chi connectivity index (χ1) is 18.6. The molecule has 11 nitrogen and oxygen atoms in total. The number of rotatable bonds is 7. The maximum atomic E-state index is 13.0. The summed E-state index contributed by atoms with van der Waals surface area (Å²) in [5.74, 6) is 0.350. The molecule has 1 heterocycles. The number of fused-ring (bicyclic) bond motifs is 3. The second-order valence-corrected chi connectivity index (χ2v) is 10.2. The van der Waals surface area contributed by atoms with Gasteiger partial charge in [0.1, 0.15) is 24.4 Å². The molecule has 1 unspecified atom stereocenters. The number of aliphatic hydroxyl groups is 4. The molecule has 0 bridgehead atoms. The molecule has 1 aliphatic heterocycles. The van der Waals surface area contributed by atoms with Crippen molar-refractivity contribution in [3.63, 3.8) is 0 Å². The van der Waals surface area contributed by atoms with Crippen molar-refractivity contribution >= 4 is 17.7 Å². The molecule has 2 aliphatic rings. The summed E-state index contributed by atoms with van der Waals surface area (Å²) in [6, 6.07) is 6.34. The van der Waals surface area contributed by atoms with Crippen molar-refractivity contribution in [3.8, 4) is 28.4 Å². The largest absolute Gasteiger partial charge is 0.492 e. The fourth-order valence-electron chi connectivity index (χ4n) is 5.09. The molecule has 39 heavy (non-hydrogen) atoms. The maximum Gasteiger partial charge on any atom is 0.229 e. The molecule has 1 fully saturated rings. The molecule has 212 valence electrons. The summed E-state index contributed by atoms with van der Waals surface area (Å²) in [4.78, 5) is 25.6. The van der Waals surface area contributed by atoms with Gasteiger partial charge in [0.25, 0.3) is 0 Å². The number of thioether (sulfide) groups is 1. The van der Waals surface area contributed by atoms with Gasteiger partial charge < -0.3 is 44.7 Å². The Hall–Kier alpha value is -2.87. The first-order valence-electron chi connectivity index (χ1n) is 12.4. The molecule has 1 saturated heterocycles. The smallest absolute Gasteiger partial charge is 0.229 e. The number of carbonyl (C=O) groups is 1.